The van der Waals surface area contributed by atoms with Crippen LogP contribution in [0.5, 0.6) is 11.5 Å². The molecule has 0 saturated carbocycles. The summed E-state index contributed by atoms with van der Waals surface area (Å²) in [6, 6.07) is 20.5. The fourth-order valence-electron chi connectivity index (χ4n) is 3.78. The number of hydrogen-bond donors (Lipinski definition) is 1. The quantitative estimate of drug-likeness (QED) is 0.227. The lowest BCUT2D eigenvalue weighted by atomic mass is 9.88. The van der Waals surface area contributed by atoms with Gasteiger partial charge in [-0.25, -0.2) is 4.98 Å². The number of aromatic nitrogens is 1. The monoisotopic (exact) mass is 487 g/mol. The number of nitro groups is 1. The second-order valence-corrected chi connectivity index (χ2v) is 8.47. The first-order chi connectivity index (χ1) is 17.0. The van der Waals surface area contributed by atoms with Gasteiger partial charge in [0.05, 0.1) is 10.6 Å². The van der Waals surface area contributed by atoms with Crippen LogP contribution >= 0.6 is 11.3 Å². The molecular formula is C25H17N3O6S. The van der Waals surface area contributed by atoms with E-state index < -0.39 is 29.3 Å². The summed E-state index contributed by atoms with van der Waals surface area (Å²) in [4.78, 5) is 40.3. The van der Waals surface area contributed by atoms with Gasteiger partial charge in [0, 0.05) is 34.2 Å². The van der Waals surface area contributed by atoms with Crippen LogP contribution in [-0.2, 0) is 14.3 Å². The molecule has 1 N–H and O–H groups in total. The Morgan fingerprint density at radius 3 is 2.40 bits per heavy atom. The third kappa shape index (κ3) is 4.59. The van der Waals surface area contributed by atoms with Crippen LogP contribution < -0.4 is 10.1 Å². The molecule has 5 rings (SSSR count). The molecule has 0 unspecified atom stereocenters. The van der Waals surface area contributed by atoms with E-state index in [4.69, 9.17) is 9.47 Å². The van der Waals surface area contributed by atoms with Crippen molar-refractivity contribution in [3.8, 4) is 22.8 Å². The summed E-state index contributed by atoms with van der Waals surface area (Å²) in [6.07, 6.45) is 0. The van der Waals surface area contributed by atoms with E-state index >= 15 is 0 Å². The van der Waals surface area contributed by atoms with Gasteiger partial charge in [0.1, 0.15) is 17.4 Å². The molecule has 0 saturated heterocycles. The van der Waals surface area contributed by atoms with Gasteiger partial charge < -0.3 is 9.47 Å². The van der Waals surface area contributed by atoms with Gasteiger partial charge >= 0.3 is 5.97 Å². The molecule has 0 bridgehead atoms. The average molecular weight is 487 g/mol. The molecule has 0 radical (unpaired) electrons. The predicted molar refractivity (Wildman–Crippen MR) is 129 cm³/mol. The van der Waals surface area contributed by atoms with Crippen LogP contribution in [0.3, 0.4) is 0 Å². The van der Waals surface area contributed by atoms with Gasteiger partial charge in [-0.2, -0.15) is 0 Å². The highest BCUT2D eigenvalue weighted by atomic mass is 32.1. The molecule has 4 aromatic rings. The second-order valence-electron chi connectivity index (χ2n) is 7.61. The molecular weight excluding hydrogens is 470 g/mol. The highest BCUT2D eigenvalue weighted by Crippen LogP contribution is 2.44. The number of fused-ring (bicyclic) bond motifs is 2. The van der Waals surface area contributed by atoms with E-state index in [0.717, 1.165) is 11.3 Å². The Labute approximate surface area is 203 Å². The zero-order valence-electron chi connectivity index (χ0n) is 18.0. The van der Waals surface area contributed by atoms with E-state index in [1.807, 2.05) is 24.3 Å². The molecule has 0 atom stereocenters. The summed E-state index contributed by atoms with van der Waals surface area (Å²) in [5.74, 6) is -0.709. The van der Waals surface area contributed by atoms with Gasteiger partial charge in [-0.1, -0.05) is 48.5 Å². The summed E-state index contributed by atoms with van der Waals surface area (Å²) in [5.41, 5.74) is 2.32. The Balaban J connectivity index is 1.26. The predicted octanol–water partition coefficient (Wildman–Crippen LogP) is 5.14. The number of esters is 1. The van der Waals surface area contributed by atoms with Crippen molar-refractivity contribution in [2.45, 2.75) is 5.92 Å². The van der Waals surface area contributed by atoms with Gasteiger partial charge in [-0.15, -0.1) is 11.3 Å². The van der Waals surface area contributed by atoms with Gasteiger partial charge in [-0.05, 0) is 12.1 Å². The topological polar surface area (TPSA) is 121 Å². The maximum absolute atomic E-state index is 13.0. The lowest BCUT2D eigenvalue weighted by Gasteiger charge is -2.26. The molecule has 1 aliphatic heterocycles. The number of ether oxygens (including phenoxy) is 2. The van der Waals surface area contributed by atoms with Crippen LogP contribution in [0.15, 0.2) is 78.2 Å². The largest absolute Gasteiger partial charge is 0.457 e. The molecule has 1 aliphatic rings. The minimum absolute atomic E-state index is 0.0516. The number of nitrogens with one attached hydrogen (secondary N) is 1. The Morgan fingerprint density at radius 1 is 1.03 bits per heavy atom. The van der Waals surface area contributed by atoms with Crippen molar-refractivity contribution in [3.05, 3.63) is 99.4 Å². The van der Waals surface area contributed by atoms with Gasteiger partial charge in [-0.3, -0.25) is 25.0 Å². The maximum atomic E-state index is 13.0. The minimum atomic E-state index is -0.718. The first kappa shape index (κ1) is 22.2. The standard InChI is InChI=1S/C25H17N3O6S/c29-22(27-25-26-19(14-35-25)15-6-5-7-16(12-15)28(31)32)13-33-24(30)23-17-8-1-3-10-20(17)34-21-11-4-2-9-18(21)23/h1-12,14,23H,13H2,(H,26,27,29). The second kappa shape index (κ2) is 9.35. The van der Waals surface area contributed by atoms with Crippen molar-refractivity contribution >= 4 is 34.0 Å². The third-order valence-corrected chi connectivity index (χ3v) is 6.12. The number of carbonyl (C=O) groups excluding carboxylic acids is 2. The number of carbonyl (C=O) groups is 2. The number of amides is 1. The SMILES string of the molecule is O=C(COC(=O)C1c2ccccc2Oc2ccccc21)Nc1nc(-c2cccc([N+](=O)[O-])c2)cs1. The van der Waals surface area contributed by atoms with E-state index in [2.05, 4.69) is 10.3 Å². The van der Waals surface area contributed by atoms with E-state index in [-0.39, 0.29) is 10.8 Å². The number of anilines is 1. The summed E-state index contributed by atoms with van der Waals surface area (Å²) in [6.45, 7) is -0.494. The van der Waals surface area contributed by atoms with Crippen molar-refractivity contribution in [2.24, 2.45) is 0 Å². The number of para-hydroxylation sites is 2. The Morgan fingerprint density at radius 2 is 1.71 bits per heavy atom. The zero-order valence-corrected chi connectivity index (χ0v) is 18.9. The molecule has 9 nitrogen and oxygen atoms in total. The Bertz CT molecular complexity index is 1400. The molecule has 174 valence electrons. The first-order valence-electron chi connectivity index (χ1n) is 10.5. The van der Waals surface area contributed by atoms with E-state index in [1.165, 1.54) is 12.1 Å². The van der Waals surface area contributed by atoms with Crippen molar-refractivity contribution < 1.29 is 24.0 Å². The fraction of sp³-hybridized carbons (Fsp3) is 0.0800. The average Bonchev–Trinajstić information content (AvgIpc) is 3.34. The molecule has 2 heterocycles. The molecule has 0 aliphatic carbocycles. The summed E-state index contributed by atoms with van der Waals surface area (Å²) in [5, 5.41) is 15.6. The van der Waals surface area contributed by atoms with Gasteiger partial charge in [0.2, 0.25) is 0 Å². The van der Waals surface area contributed by atoms with Crippen molar-refractivity contribution in [1.82, 2.24) is 4.98 Å². The Kier molecular flexibility index (Phi) is 5.94. The number of rotatable bonds is 6. The van der Waals surface area contributed by atoms with Crippen molar-refractivity contribution in [2.75, 3.05) is 11.9 Å². The van der Waals surface area contributed by atoms with E-state index in [1.54, 1.807) is 41.8 Å². The summed E-state index contributed by atoms with van der Waals surface area (Å²) < 4.78 is 11.2. The lowest BCUT2D eigenvalue weighted by molar-refractivity contribution is -0.384. The highest BCUT2D eigenvalue weighted by molar-refractivity contribution is 7.14. The van der Waals surface area contributed by atoms with Gasteiger partial charge in [0.25, 0.3) is 11.6 Å². The highest BCUT2D eigenvalue weighted by Gasteiger charge is 2.33. The van der Waals surface area contributed by atoms with E-state index in [9.17, 15) is 19.7 Å². The number of hydrogen-bond acceptors (Lipinski definition) is 8. The van der Waals surface area contributed by atoms with E-state index in [0.29, 0.717) is 33.9 Å². The molecule has 10 heteroatoms. The Hall–Kier alpha value is -4.57. The molecule has 1 aromatic heterocycles. The number of benzene rings is 3. The van der Waals surface area contributed by atoms with Crippen LogP contribution in [0.2, 0.25) is 0 Å². The van der Waals surface area contributed by atoms with Crippen LogP contribution in [-0.4, -0.2) is 28.4 Å². The molecule has 0 fully saturated rings. The molecule has 3 aromatic carbocycles. The maximum Gasteiger partial charge on any atom is 0.318 e. The molecule has 0 spiro atoms. The number of thiazole rings is 1. The summed E-state index contributed by atoms with van der Waals surface area (Å²) >= 11 is 1.16. The zero-order chi connectivity index (χ0) is 24.4. The van der Waals surface area contributed by atoms with Crippen LogP contribution in [0.4, 0.5) is 10.8 Å². The van der Waals surface area contributed by atoms with Crippen LogP contribution in [0.25, 0.3) is 11.3 Å². The fourth-order valence-corrected chi connectivity index (χ4v) is 4.52. The molecule has 35 heavy (non-hydrogen) atoms. The minimum Gasteiger partial charge on any atom is -0.457 e. The third-order valence-electron chi connectivity index (χ3n) is 5.36. The van der Waals surface area contributed by atoms with Crippen molar-refractivity contribution in [3.63, 3.8) is 0 Å². The molecule has 1 amide bonds. The first-order valence-corrected chi connectivity index (χ1v) is 11.4. The van der Waals surface area contributed by atoms with Gasteiger partial charge in [0.15, 0.2) is 11.7 Å². The number of nitro benzene ring substituents is 1. The summed E-state index contributed by atoms with van der Waals surface area (Å²) in [7, 11) is 0. The van der Waals surface area contributed by atoms with Crippen LogP contribution in [0, 0.1) is 10.1 Å². The smallest absolute Gasteiger partial charge is 0.318 e. The normalized spacial score (nSPS) is 12.1. The van der Waals surface area contributed by atoms with Crippen molar-refractivity contribution in [1.29, 1.82) is 0 Å². The van der Waals surface area contributed by atoms with Crippen LogP contribution in [0.1, 0.15) is 17.0 Å². The number of non-ortho nitro benzene ring substituents is 1. The number of nitrogens with zero attached hydrogens (tertiary/aromatic N) is 2. The lowest BCUT2D eigenvalue weighted by Crippen LogP contribution is -2.26.